The monoisotopic (exact) mass is 285 g/mol. The Morgan fingerprint density at radius 1 is 1.16 bits per heavy atom. The maximum atomic E-state index is 5.96. The molecule has 3 nitrogen and oxygen atoms in total. The first-order chi connectivity index (χ1) is 9.24. The second-order valence-electron chi connectivity index (χ2n) is 4.41. The van der Waals surface area contributed by atoms with Gasteiger partial charge in [0.2, 0.25) is 0 Å². The van der Waals surface area contributed by atoms with Gasteiger partial charge >= 0.3 is 0 Å². The molecule has 0 spiro atoms. The highest BCUT2D eigenvalue weighted by Gasteiger charge is 1.98. The number of nitrogens with one attached hydrogen (secondary N) is 1. The smallest absolute Gasteiger partial charge is 0.119 e. The molecule has 0 fully saturated rings. The molecule has 0 aliphatic rings. The van der Waals surface area contributed by atoms with Crippen LogP contribution in [0.25, 0.3) is 0 Å². The third kappa shape index (κ3) is 7.41. The van der Waals surface area contributed by atoms with Gasteiger partial charge in [0.1, 0.15) is 12.4 Å². The van der Waals surface area contributed by atoms with Gasteiger partial charge in [-0.05, 0) is 57.0 Å². The summed E-state index contributed by atoms with van der Waals surface area (Å²) in [6, 6.07) is 5.73. The van der Waals surface area contributed by atoms with Gasteiger partial charge in [0, 0.05) is 24.8 Å². The van der Waals surface area contributed by atoms with Gasteiger partial charge in [0.25, 0.3) is 0 Å². The molecule has 108 valence electrons. The molecule has 1 rings (SSSR count). The summed E-state index contributed by atoms with van der Waals surface area (Å²) in [5.41, 5.74) is 1.04. The number of hydrogen-bond acceptors (Lipinski definition) is 3. The Labute approximate surface area is 121 Å². The molecule has 0 bridgehead atoms. The van der Waals surface area contributed by atoms with Crippen molar-refractivity contribution in [2.45, 2.75) is 26.7 Å². The number of aryl methyl sites for hydroxylation is 1. The van der Waals surface area contributed by atoms with Crippen molar-refractivity contribution in [2.75, 3.05) is 32.9 Å². The van der Waals surface area contributed by atoms with Gasteiger partial charge in [0.05, 0.1) is 0 Å². The maximum Gasteiger partial charge on any atom is 0.119 e. The molecule has 0 unspecified atom stereocenters. The van der Waals surface area contributed by atoms with Crippen LogP contribution < -0.4 is 10.1 Å². The lowest BCUT2D eigenvalue weighted by molar-refractivity contribution is 0.143. The van der Waals surface area contributed by atoms with Crippen LogP contribution >= 0.6 is 11.6 Å². The topological polar surface area (TPSA) is 30.5 Å². The van der Waals surface area contributed by atoms with E-state index < -0.39 is 0 Å². The molecule has 1 N–H and O–H groups in total. The lowest BCUT2D eigenvalue weighted by atomic mass is 10.2. The summed E-state index contributed by atoms with van der Waals surface area (Å²) in [5, 5.41) is 4.13. The van der Waals surface area contributed by atoms with Crippen LogP contribution in [-0.4, -0.2) is 32.9 Å². The minimum Gasteiger partial charge on any atom is -0.492 e. The lowest BCUT2D eigenvalue weighted by Crippen LogP contribution is -2.22. The molecule has 0 aromatic heterocycles. The van der Waals surface area contributed by atoms with Crippen LogP contribution in [0.4, 0.5) is 0 Å². The fourth-order valence-electron chi connectivity index (χ4n) is 1.67. The van der Waals surface area contributed by atoms with Gasteiger partial charge in [-0.2, -0.15) is 0 Å². The molecule has 1 aromatic rings. The van der Waals surface area contributed by atoms with Gasteiger partial charge in [-0.1, -0.05) is 11.6 Å². The fourth-order valence-corrected chi connectivity index (χ4v) is 1.79. The van der Waals surface area contributed by atoms with Crippen molar-refractivity contribution in [1.29, 1.82) is 0 Å². The van der Waals surface area contributed by atoms with Crippen molar-refractivity contribution in [3.63, 3.8) is 0 Å². The Kier molecular flexibility index (Phi) is 8.63. The number of rotatable bonds is 10. The van der Waals surface area contributed by atoms with E-state index >= 15 is 0 Å². The predicted octanol–water partition coefficient (Wildman–Crippen LogP) is 3.43. The van der Waals surface area contributed by atoms with Crippen LogP contribution in [0.15, 0.2) is 18.2 Å². The minimum atomic E-state index is 0.673. The number of hydrogen-bond donors (Lipinski definition) is 1. The molecule has 0 radical (unpaired) electrons. The van der Waals surface area contributed by atoms with Crippen molar-refractivity contribution in [2.24, 2.45) is 0 Å². The summed E-state index contributed by atoms with van der Waals surface area (Å²) in [6.07, 6.45) is 2.25. The van der Waals surface area contributed by atoms with Crippen LogP contribution in [0.1, 0.15) is 25.3 Å². The van der Waals surface area contributed by atoms with Crippen molar-refractivity contribution in [3.8, 4) is 5.75 Å². The largest absolute Gasteiger partial charge is 0.492 e. The zero-order chi connectivity index (χ0) is 13.9. The Morgan fingerprint density at radius 2 is 2.00 bits per heavy atom. The first-order valence-corrected chi connectivity index (χ1v) is 7.29. The Hall–Kier alpha value is -0.770. The highest BCUT2D eigenvalue weighted by atomic mass is 35.5. The first-order valence-electron chi connectivity index (χ1n) is 6.91. The average molecular weight is 286 g/mol. The number of benzene rings is 1. The summed E-state index contributed by atoms with van der Waals surface area (Å²) in [4.78, 5) is 0. The summed E-state index contributed by atoms with van der Waals surface area (Å²) in [7, 11) is 0. The van der Waals surface area contributed by atoms with Crippen LogP contribution in [0.5, 0.6) is 5.75 Å². The van der Waals surface area contributed by atoms with E-state index in [-0.39, 0.29) is 0 Å². The van der Waals surface area contributed by atoms with Crippen LogP contribution in [0, 0.1) is 6.92 Å². The second kappa shape index (κ2) is 10.1. The third-order valence-electron chi connectivity index (χ3n) is 2.77. The normalized spacial score (nSPS) is 10.7. The van der Waals surface area contributed by atoms with E-state index in [2.05, 4.69) is 5.32 Å². The maximum absolute atomic E-state index is 5.96. The SMILES string of the molecule is CCOCCCCNCCOc1ccc(Cl)c(C)c1. The van der Waals surface area contributed by atoms with Crippen molar-refractivity contribution >= 4 is 11.6 Å². The summed E-state index contributed by atoms with van der Waals surface area (Å²) in [5.74, 6) is 0.875. The number of ether oxygens (including phenoxy) is 2. The average Bonchev–Trinajstić information content (AvgIpc) is 2.41. The van der Waals surface area contributed by atoms with E-state index in [1.54, 1.807) is 0 Å². The lowest BCUT2D eigenvalue weighted by Gasteiger charge is -2.08. The molecule has 0 aliphatic heterocycles. The quantitative estimate of drug-likeness (QED) is 0.668. The van der Waals surface area contributed by atoms with E-state index in [9.17, 15) is 0 Å². The van der Waals surface area contributed by atoms with Crippen molar-refractivity contribution in [1.82, 2.24) is 5.32 Å². The Morgan fingerprint density at radius 3 is 2.74 bits per heavy atom. The molecule has 4 heteroatoms. The zero-order valence-corrected chi connectivity index (χ0v) is 12.6. The second-order valence-corrected chi connectivity index (χ2v) is 4.82. The van der Waals surface area contributed by atoms with E-state index in [4.69, 9.17) is 21.1 Å². The predicted molar refractivity (Wildman–Crippen MR) is 80.3 cm³/mol. The summed E-state index contributed by atoms with van der Waals surface area (Å²) in [6.45, 7) is 8.21. The van der Waals surface area contributed by atoms with E-state index in [1.807, 2.05) is 32.0 Å². The fraction of sp³-hybridized carbons (Fsp3) is 0.600. The summed E-state index contributed by atoms with van der Waals surface area (Å²) < 4.78 is 10.9. The van der Waals surface area contributed by atoms with Gasteiger partial charge in [0.15, 0.2) is 0 Å². The van der Waals surface area contributed by atoms with Gasteiger partial charge < -0.3 is 14.8 Å². The van der Waals surface area contributed by atoms with Crippen molar-refractivity contribution < 1.29 is 9.47 Å². The van der Waals surface area contributed by atoms with E-state index in [0.717, 1.165) is 55.5 Å². The first kappa shape index (κ1) is 16.3. The molecule has 19 heavy (non-hydrogen) atoms. The molecule has 1 aromatic carbocycles. The molecule has 0 atom stereocenters. The Bertz CT molecular complexity index is 358. The highest BCUT2D eigenvalue weighted by molar-refractivity contribution is 6.31. The highest BCUT2D eigenvalue weighted by Crippen LogP contribution is 2.20. The molecular weight excluding hydrogens is 262 g/mol. The van der Waals surface area contributed by atoms with Crippen LogP contribution in [0.2, 0.25) is 5.02 Å². The molecule has 0 amide bonds. The molecule has 0 heterocycles. The molecular formula is C15H24ClNO2. The minimum absolute atomic E-state index is 0.673. The van der Waals surface area contributed by atoms with Crippen molar-refractivity contribution in [3.05, 3.63) is 28.8 Å². The third-order valence-corrected chi connectivity index (χ3v) is 3.20. The number of halogens is 1. The van der Waals surface area contributed by atoms with Gasteiger partial charge in [-0.15, -0.1) is 0 Å². The van der Waals surface area contributed by atoms with Gasteiger partial charge in [-0.25, -0.2) is 0 Å². The molecule has 0 saturated heterocycles. The zero-order valence-electron chi connectivity index (χ0n) is 11.9. The molecule has 0 saturated carbocycles. The Balaban J connectivity index is 2.00. The molecule has 0 aliphatic carbocycles. The van der Waals surface area contributed by atoms with E-state index in [0.29, 0.717) is 6.61 Å². The van der Waals surface area contributed by atoms with E-state index in [1.165, 1.54) is 0 Å². The van der Waals surface area contributed by atoms with Crippen LogP contribution in [-0.2, 0) is 4.74 Å². The standard InChI is InChI=1S/C15H24ClNO2/c1-3-18-10-5-4-8-17-9-11-19-14-6-7-15(16)13(2)12-14/h6-7,12,17H,3-5,8-11H2,1-2H3. The summed E-state index contributed by atoms with van der Waals surface area (Å²) >= 11 is 5.96. The van der Waals surface area contributed by atoms with Gasteiger partial charge in [-0.3, -0.25) is 0 Å². The number of unbranched alkanes of at least 4 members (excludes halogenated alkanes) is 1. The van der Waals surface area contributed by atoms with Crippen LogP contribution in [0.3, 0.4) is 0 Å².